The van der Waals surface area contributed by atoms with Crippen LogP contribution in [-0.2, 0) is 19.5 Å². The Bertz CT molecular complexity index is 672. The summed E-state index contributed by atoms with van der Waals surface area (Å²) in [6.45, 7) is 9.23. The molecular formula is C20H30N4O. The summed E-state index contributed by atoms with van der Waals surface area (Å²) >= 11 is 0. The predicted molar refractivity (Wildman–Crippen MR) is 102 cm³/mol. The van der Waals surface area contributed by atoms with Crippen LogP contribution in [0.5, 0.6) is 0 Å². The molecule has 0 atom stereocenters. The van der Waals surface area contributed by atoms with Gasteiger partial charge in [0.15, 0.2) is 0 Å². The number of anilines is 1. The fraction of sp³-hybridized carbons (Fsp3) is 0.550. The van der Waals surface area contributed by atoms with Crippen LogP contribution >= 0.6 is 0 Å². The van der Waals surface area contributed by atoms with E-state index in [1.807, 2.05) is 11.6 Å². The summed E-state index contributed by atoms with van der Waals surface area (Å²) < 4.78 is 1.88. The molecule has 0 bridgehead atoms. The van der Waals surface area contributed by atoms with Crippen molar-refractivity contribution in [3.05, 3.63) is 46.8 Å². The molecule has 0 aliphatic carbocycles. The zero-order chi connectivity index (χ0) is 17.6. The number of likely N-dealkylation sites (tertiary alicyclic amines) is 1. The van der Waals surface area contributed by atoms with Crippen molar-refractivity contribution in [3.8, 4) is 0 Å². The van der Waals surface area contributed by atoms with E-state index in [0.717, 1.165) is 30.0 Å². The Labute approximate surface area is 150 Å². The molecule has 2 N–H and O–H groups in total. The largest absolute Gasteiger partial charge is 0.394 e. The van der Waals surface area contributed by atoms with Gasteiger partial charge in [0, 0.05) is 30.0 Å². The number of nitrogens with one attached hydrogen (secondary N) is 1. The van der Waals surface area contributed by atoms with Crippen LogP contribution in [0, 0.1) is 13.8 Å². The first-order chi connectivity index (χ1) is 12.2. The van der Waals surface area contributed by atoms with Gasteiger partial charge in [-0.15, -0.1) is 0 Å². The van der Waals surface area contributed by atoms with Crippen LogP contribution in [0.3, 0.4) is 0 Å². The zero-order valence-electron chi connectivity index (χ0n) is 15.5. The van der Waals surface area contributed by atoms with Crippen molar-refractivity contribution in [2.24, 2.45) is 0 Å². The number of rotatable bonds is 8. The Morgan fingerprint density at radius 2 is 1.80 bits per heavy atom. The van der Waals surface area contributed by atoms with Gasteiger partial charge in [-0.05, 0) is 63.9 Å². The van der Waals surface area contributed by atoms with Gasteiger partial charge in [0.1, 0.15) is 0 Å². The average molecular weight is 342 g/mol. The van der Waals surface area contributed by atoms with E-state index in [-0.39, 0.29) is 6.61 Å². The van der Waals surface area contributed by atoms with Crippen LogP contribution in [0.15, 0.2) is 24.3 Å². The number of benzene rings is 1. The number of nitrogens with zero attached hydrogens (tertiary/aromatic N) is 3. The van der Waals surface area contributed by atoms with Crippen LogP contribution in [0.4, 0.5) is 5.69 Å². The first-order valence-corrected chi connectivity index (χ1v) is 9.36. The quantitative estimate of drug-likeness (QED) is 0.774. The van der Waals surface area contributed by atoms with E-state index < -0.39 is 0 Å². The van der Waals surface area contributed by atoms with E-state index in [9.17, 15) is 0 Å². The SMILES string of the molecule is Cc1nn(CCO)c(C)c1CNc1ccc(CCN2CCCC2)cc1. The Morgan fingerprint density at radius 1 is 1.08 bits per heavy atom. The lowest BCUT2D eigenvalue weighted by Gasteiger charge is -2.14. The maximum Gasteiger partial charge on any atom is 0.0646 e. The van der Waals surface area contributed by atoms with Gasteiger partial charge in [-0.2, -0.15) is 5.10 Å². The Balaban J connectivity index is 1.53. The number of aliphatic hydroxyl groups is 1. The Hall–Kier alpha value is -1.85. The van der Waals surface area contributed by atoms with Crippen molar-refractivity contribution >= 4 is 5.69 Å². The van der Waals surface area contributed by atoms with Gasteiger partial charge >= 0.3 is 0 Å². The molecule has 5 nitrogen and oxygen atoms in total. The zero-order valence-corrected chi connectivity index (χ0v) is 15.5. The van der Waals surface area contributed by atoms with Crippen LogP contribution in [0.1, 0.15) is 35.4 Å². The monoisotopic (exact) mass is 342 g/mol. The minimum absolute atomic E-state index is 0.119. The lowest BCUT2D eigenvalue weighted by molar-refractivity contribution is 0.268. The van der Waals surface area contributed by atoms with Gasteiger partial charge in [-0.25, -0.2) is 0 Å². The third-order valence-corrected chi connectivity index (χ3v) is 5.18. The van der Waals surface area contributed by atoms with Crippen molar-refractivity contribution in [2.75, 3.05) is 31.6 Å². The highest BCUT2D eigenvalue weighted by atomic mass is 16.3. The second-order valence-corrected chi connectivity index (χ2v) is 6.95. The highest BCUT2D eigenvalue weighted by molar-refractivity contribution is 5.45. The topological polar surface area (TPSA) is 53.3 Å². The number of hydrogen-bond acceptors (Lipinski definition) is 4. The van der Waals surface area contributed by atoms with Crippen LogP contribution in [0.25, 0.3) is 0 Å². The van der Waals surface area contributed by atoms with Crippen molar-refractivity contribution in [3.63, 3.8) is 0 Å². The third-order valence-electron chi connectivity index (χ3n) is 5.18. The maximum absolute atomic E-state index is 9.11. The lowest BCUT2D eigenvalue weighted by Crippen LogP contribution is -2.21. The minimum Gasteiger partial charge on any atom is -0.394 e. The molecule has 2 aromatic rings. The molecule has 1 aliphatic rings. The minimum atomic E-state index is 0.119. The summed E-state index contributed by atoms with van der Waals surface area (Å²) in [4.78, 5) is 2.56. The molecule has 1 saturated heterocycles. The molecular weight excluding hydrogens is 312 g/mol. The van der Waals surface area contributed by atoms with Crippen molar-refractivity contribution < 1.29 is 5.11 Å². The number of hydrogen-bond donors (Lipinski definition) is 2. The van der Waals surface area contributed by atoms with Crippen molar-refractivity contribution in [1.82, 2.24) is 14.7 Å². The molecule has 1 aromatic carbocycles. The summed E-state index contributed by atoms with van der Waals surface area (Å²) in [5.41, 5.74) is 5.91. The third kappa shape index (κ3) is 4.61. The normalized spacial score (nSPS) is 15.0. The molecule has 25 heavy (non-hydrogen) atoms. The molecule has 5 heteroatoms. The summed E-state index contributed by atoms with van der Waals surface area (Å²) in [6, 6.07) is 8.80. The molecule has 0 radical (unpaired) electrons. The fourth-order valence-electron chi connectivity index (χ4n) is 3.58. The number of aromatic nitrogens is 2. The van der Waals surface area contributed by atoms with E-state index in [4.69, 9.17) is 5.11 Å². The summed E-state index contributed by atoms with van der Waals surface area (Å²) in [5.74, 6) is 0. The summed E-state index contributed by atoms with van der Waals surface area (Å²) in [6.07, 6.45) is 3.85. The van der Waals surface area contributed by atoms with E-state index >= 15 is 0 Å². The molecule has 1 fully saturated rings. The molecule has 1 aromatic heterocycles. The number of aryl methyl sites for hydroxylation is 1. The van der Waals surface area contributed by atoms with Crippen LogP contribution in [-0.4, -0.2) is 46.0 Å². The molecule has 0 saturated carbocycles. The van der Waals surface area contributed by atoms with Gasteiger partial charge < -0.3 is 15.3 Å². The van der Waals surface area contributed by atoms with Gasteiger partial charge in [0.25, 0.3) is 0 Å². The van der Waals surface area contributed by atoms with Crippen LogP contribution in [0.2, 0.25) is 0 Å². The second kappa shape index (κ2) is 8.50. The van der Waals surface area contributed by atoms with Gasteiger partial charge in [0.05, 0.1) is 18.8 Å². The summed E-state index contributed by atoms with van der Waals surface area (Å²) in [7, 11) is 0. The molecule has 2 heterocycles. The van der Waals surface area contributed by atoms with Gasteiger partial charge in [-0.1, -0.05) is 12.1 Å². The lowest BCUT2D eigenvalue weighted by atomic mass is 10.1. The number of aliphatic hydroxyl groups excluding tert-OH is 1. The highest BCUT2D eigenvalue weighted by Gasteiger charge is 2.12. The second-order valence-electron chi connectivity index (χ2n) is 6.95. The molecule has 136 valence electrons. The maximum atomic E-state index is 9.11. The van der Waals surface area contributed by atoms with Crippen LogP contribution < -0.4 is 5.32 Å². The van der Waals surface area contributed by atoms with E-state index in [2.05, 4.69) is 46.5 Å². The fourth-order valence-corrected chi connectivity index (χ4v) is 3.58. The molecule has 3 rings (SSSR count). The van der Waals surface area contributed by atoms with E-state index in [0.29, 0.717) is 6.54 Å². The van der Waals surface area contributed by atoms with Crippen molar-refractivity contribution in [1.29, 1.82) is 0 Å². The Morgan fingerprint density at radius 3 is 2.48 bits per heavy atom. The summed E-state index contributed by atoms with van der Waals surface area (Å²) in [5, 5.41) is 17.1. The highest BCUT2D eigenvalue weighted by Crippen LogP contribution is 2.17. The average Bonchev–Trinajstić information content (AvgIpc) is 3.22. The first kappa shape index (κ1) is 18.0. The van der Waals surface area contributed by atoms with E-state index in [1.54, 1.807) is 0 Å². The van der Waals surface area contributed by atoms with E-state index in [1.165, 1.54) is 43.6 Å². The van der Waals surface area contributed by atoms with Gasteiger partial charge in [0.2, 0.25) is 0 Å². The molecule has 0 unspecified atom stereocenters. The standard InChI is InChI=1S/C20H30N4O/c1-16-20(17(2)24(22-16)13-14-25)15-21-19-7-5-18(6-8-19)9-12-23-10-3-4-11-23/h5-8,21,25H,3-4,9-15H2,1-2H3. The smallest absolute Gasteiger partial charge is 0.0646 e. The molecule has 0 spiro atoms. The molecule has 0 amide bonds. The van der Waals surface area contributed by atoms with Crippen molar-refractivity contribution in [2.45, 2.75) is 46.2 Å². The predicted octanol–water partition coefficient (Wildman–Crippen LogP) is 2.74. The molecule has 1 aliphatic heterocycles. The van der Waals surface area contributed by atoms with Gasteiger partial charge in [-0.3, -0.25) is 4.68 Å². The Kier molecular flexibility index (Phi) is 6.10. The first-order valence-electron chi connectivity index (χ1n) is 9.36.